The molecule has 2 rings (SSSR count). The van der Waals surface area contributed by atoms with E-state index in [4.69, 9.17) is 9.15 Å². The van der Waals surface area contributed by atoms with Gasteiger partial charge < -0.3 is 9.15 Å². The van der Waals surface area contributed by atoms with Gasteiger partial charge in [0.2, 0.25) is 0 Å². The van der Waals surface area contributed by atoms with E-state index in [9.17, 15) is 0 Å². The van der Waals surface area contributed by atoms with Crippen molar-refractivity contribution in [2.45, 2.75) is 38.5 Å². The minimum atomic E-state index is 0.907. The summed E-state index contributed by atoms with van der Waals surface area (Å²) in [6, 6.07) is 3.98. The fourth-order valence-electron chi connectivity index (χ4n) is 1.84. The highest BCUT2D eigenvalue weighted by molar-refractivity contribution is 4.99. The van der Waals surface area contributed by atoms with Crippen molar-refractivity contribution in [3.8, 4) is 0 Å². The third-order valence-corrected chi connectivity index (χ3v) is 2.68. The van der Waals surface area contributed by atoms with E-state index in [1.807, 2.05) is 12.1 Å². The molecule has 0 fully saturated rings. The Hall–Kier alpha value is -1.18. The number of unbranched alkanes of at least 4 members (excludes halogenated alkanes) is 1. The van der Waals surface area contributed by atoms with Crippen LogP contribution in [0.2, 0.25) is 0 Å². The maximum Gasteiger partial charge on any atom is 0.103 e. The SMILES string of the molecule is C1=C(CCCCc2ccco2)OCCC1. The summed E-state index contributed by atoms with van der Waals surface area (Å²) in [7, 11) is 0. The van der Waals surface area contributed by atoms with Crippen LogP contribution < -0.4 is 0 Å². The maximum atomic E-state index is 5.55. The highest BCUT2D eigenvalue weighted by Gasteiger charge is 2.04. The predicted molar refractivity (Wildman–Crippen MR) is 59.5 cm³/mol. The standard InChI is InChI=1S/C13H18O2/c1(2-7-13-9-5-11-15-13)6-12-8-3-4-10-14-12/h5,8-9,11H,1-4,6-7,10H2. The summed E-state index contributed by atoms with van der Waals surface area (Å²) in [5.41, 5.74) is 0. The molecule has 15 heavy (non-hydrogen) atoms. The molecule has 0 saturated heterocycles. The molecule has 0 spiro atoms. The number of furan rings is 1. The third-order valence-electron chi connectivity index (χ3n) is 2.68. The van der Waals surface area contributed by atoms with Gasteiger partial charge in [0.1, 0.15) is 5.76 Å². The molecular formula is C13H18O2. The van der Waals surface area contributed by atoms with E-state index in [1.165, 1.54) is 31.4 Å². The van der Waals surface area contributed by atoms with Gasteiger partial charge in [-0.3, -0.25) is 0 Å². The van der Waals surface area contributed by atoms with Gasteiger partial charge in [0.15, 0.2) is 0 Å². The predicted octanol–water partition coefficient (Wildman–Crippen LogP) is 3.69. The largest absolute Gasteiger partial charge is 0.498 e. The zero-order chi connectivity index (χ0) is 10.3. The van der Waals surface area contributed by atoms with Crippen molar-refractivity contribution in [2.75, 3.05) is 6.61 Å². The first-order valence-corrected chi connectivity index (χ1v) is 5.79. The monoisotopic (exact) mass is 206 g/mol. The summed E-state index contributed by atoms with van der Waals surface area (Å²) in [6.07, 6.45) is 10.8. The second kappa shape index (κ2) is 5.64. The van der Waals surface area contributed by atoms with E-state index in [0.717, 1.165) is 25.2 Å². The smallest absolute Gasteiger partial charge is 0.103 e. The summed E-state index contributed by atoms with van der Waals surface area (Å²) in [4.78, 5) is 0. The molecule has 1 aliphatic rings. The molecule has 0 unspecified atom stereocenters. The van der Waals surface area contributed by atoms with E-state index >= 15 is 0 Å². The van der Waals surface area contributed by atoms with Crippen LogP contribution in [0.1, 0.15) is 37.9 Å². The molecule has 0 atom stereocenters. The second-order valence-electron chi connectivity index (χ2n) is 3.95. The maximum absolute atomic E-state index is 5.55. The number of allylic oxidation sites excluding steroid dienone is 2. The van der Waals surface area contributed by atoms with Crippen molar-refractivity contribution >= 4 is 0 Å². The number of aryl methyl sites for hydroxylation is 1. The molecule has 0 saturated carbocycles. The van der Waals surface area contributed by atoms with Gasteiger partial charge in [-0.25, -0.2) is 0 Å². The summed E-state index contributed by atoms with van der Waals surface area (Å²) >= 11 is 0. The van der Waals surface area contributed by atoms with Crippen LogP contribution in [-0.4, -0.2) is 6.61 Å². The number of hydrogen-bond donors (Lipinski definition) is 0. The topological polar surface area (TPSA) is 22.4 Å². The average molecular weight is 206 g/mol. The molecule has 0 aliphatic carbocycles. The molecule has 1 aromatic heterocycles. The van der Waals surface area contributed by atoms with Crippen molar-refractivity contribution in [1.82, 2.24) is 0 Å². The van der Waals surface area contributed by atoms with Crippen molar-refractivity contribution in [3.63, 3.8) is 0 Å². The van der Waals surface area contributed by atoms with E-state index in [0.29, 0.717) is 0 Å². The average Bonchev–Trinajstić information content (AvgIpc) is 2.79. The minimum Gasteiger partial charge on any atom is -0.498 e. The molecule has 1 aromatic rings. The first-order chi connectivity index (χ1) is 7.45. The van der Waals surface area contributed by atoms with Crippen LogP contribution in [0.25, 0.3) is 0 Å². The van der Waals surface area contributed by atoms with E-state index in [1.54, 1.807) is 6.26 Å². The molecule has 1 aliphatic heterocycles. The molecule has 0 aromatic carbocycles. The van der Waals surface area contributed by atoms with E-state index in [-0.39, 0.29) is 0 Å². The highest BCUT2D eigenvalue weighted by atomic mass is 16.5. The van der Waals surface area contributed by atoms with Crippen LogP contribution in [0, 0.1) is 0 Å². The number of rotatable bonds is 5. The Morgan fingerprint density at radius 1 is 1.20 bits per heavy atom. The Morgan fingerprint density at radius 3 is 2.87 bits per heavy atom. The summed E-state index contributed by atoms with van der Waals surface area (Å²) in [5, 5.41) is 0. The van der Waals surface area contributed by atoms with Crippen molar-refractivity contribution < 1.29 is 9.15 Å². The van der Waals surface area contributed by atoms with Crippen molar-refractivity contribution in [1.29, 1.82) is 0 Å². The van der Waals surface area contributed by atoms with Crippen LogP contribution in [0.5, 0.6) is 0 Å². The van der Waals surface area contributed by atoms with Gasteiger partial charge >= 0.3 is 0 Å². The van der Waals surface area contributed by atoms with Gasteiger partial charge in [0, 0.05) is 12.8 Å². The lowest BCUT2D eigenvalue weighted by Gasteiger charge is -2.14. The van der Waals surface area contributed by atoms with Gasteiger partial charge in [-0.05, 0) is 43.9 Å². The lowest BCUT2D eigenvalue weighted by Crippen LogP contribution is -2.01. The van der Waals surface area contributed by atoms with Crippen molar-refractivity contribution in [3.05, 3.63) is 36.0 Å². The lowest BCUT2D eigenvalue weighted by molar-refractivity contribution is 0.182. The first-order valence-electron chi connectivity index (χ1n) is 5.79. The molecular weight excluding hydrogens is 188 g/mol. The number of hydrogen-bond acceptors (Lipinski definition) is 2. The summed E-state index contributed by atoms with van der Waals surface area (Å²) < 4.78 is 10.8. The van der Waals surface area contributed by atoms with Crippen LogP contribution >= 0.6 is 0 Å². The molecule has 2 heteroatoms. The molecule has 2 heterocycles. The second-order valence-corrected chi connectivity index (χ2v) is 3.95. The zero-order valence-electron chi connectivity index (χ0n) is 9.08. The Labute approximate surface area is 90.9 Å². The van der Waals surface area contributed by atoms with Gasteiger partial charge in [-0.15, -0.1) is 0 Å². The van der Waals surface area contributed by atoms with Gasteiger partial charge in [0.05, 0.1) is 18.6 Å². The number of ether oxygens (including phenoxy) is 1. The Bertz CT molecular complexity index is 298. The summed E-state index contributed by atoms with van der Waals surface area (Å²) in [5.74, 6) is 2.29. The molecule has 0 N–H and O–H groups in total. The fraction of sp³-hybridized carbons (Fsp3) is 0.538. The van der Waals surface area contributed by atoms with Gasteiger partial charge in [0.25, 0.3) is 0 Å². The highest BCUT2D eigenvalue weighted by Crippen LogP contribution is 2.17. The van der Waals surface area contributed by atoms with Crippen LogP contribution in [-0.2, 0) is 11.2 Å². The van der Waals surface area contributed by atoms with Gasteiger partial charge in [-0.1, -0.05) is 0 Å². The van der Waals surface area contributed by atoms with E-state index in [2.05, 4.69) is 6.08 Å². The van der Waals surface area contributed by atoms with Gasteiger partial charge in [-0.2, -0.15) is 0 Å². The van der Waals surface area contributed by atoms with Crippen LogP contribution in [0.15, 0.2) is 34.6 Å². The Morgan fingerprint density at radius 2 is 2.13 bits per heavy atom. The molecule has 2 nitrogen and oxygen atoms in total. The van der Waals surface area contributed by atoms with Crippen molar-refractivity contribution in [2.24, 2.45) is 0 Å². The van der Waals surface area contributed by atoms with Crippen LogP contribution in [0.3, 0.4) is 0 Å². The molecule has 0 radical (unpaired) electrons. The van der Waals surface area contributed by atoms with E-state index < -0.39 is 0 Å². The minimum absolute atomic E-state index is 0.907. The molecule has 82 valence electrons. The first kappa shape index (κ1) is 10.3. The van der Waals surface area contributed by atoms with Crippen LogP contribution in [0.4, 0.5) is 0 Å². The Balaban J connectivity index is 1.60. The normalized spacial score (nSPS) is 15.9. The molecule has 0 amide bonds. The summed E-state index contributed by atoms with van der Waals surface area (Å²) in [6.45, 7) is 0.907. The Kier molecular flexibility index (Phi) is 3.89. The lowest BCUT2D eigenvalue weighted by atomic mass is 10.1. The molecule has 0 bridgehead atoms. The fourth-order valence-corrected chi connectivity index (χ4v) is 1.84. The zero-order valence-corrected chi connectivity index (χ0v) is 9.08. The third kappa shape index (κ3) is 3.46. The quantitative estimate of drug-likeness (QED) is 0.685.